The van der Waals surface area contributed by atoms with Crippen LogP contribution in [0, 0.1) is 5.92 Å². The Kier molecular flexibility index (Phi) is 6.23. The molecule has 0 heterocycles. The van der Waals surface area contributed by atoms with E-state index in [-0.39, 0.29) is 6.61 Å². The van der Waals surface area contributed by atoms with Crippen LogP contribution in [0.4, 0.5) is 0 Å². The number of nitrogens with one attached hydrogen (secondary N) is 1. The summed E-state index contributed by atoms with van der Waals surface area (Å²) in [5, 5.41) is 12.0. The van der Waals surface area contributed by atoms with Crippen molar-refractivity contribution in [3.05, 3.63) is 0 Å². The first-order valence-corrected chi connectivity index (χ1v) is 6.39. The minimum Gasteiger partial charge on any atom is -0.396 e. The van der Waals surface area contributed by atoms with E-state index in [1.54, 1.807) is 0 Å². The van der Waals surface area contributed by atoms with Crippen LogP contribution in [-0.4, -0.2) is 30.3 Å². The van der Waals surface area contributed by atoms with Crippen molar-refractivity contribution >= 4 is 5.96 Å². The van der Waals surface area contributed by atoms with Gasteiger partial charge in [0.2, 0.25) is 0 Å². The Hall–Kier alpha value is -0.770. The summed E-state index contributed by atoms with van der Waals surface area (Å²) >= 11 is 0. The molecule has 0 aromatic rings. The van der Waals surface area contributed by atoms with Crippen LogP contribution in [0.5, 0.6) is 0 Å². The van der Waals surface area contributed by atoms with Gasteiger partial charge in [0.1, 0.15) is 0 Å². The molecule has 1 unspecified atom stereocenters. The van der Waals surface area contributed by atoms with Gasteiger partial charge in [0, 0.05) is 19.2 Å². The molecule has 1 fully saturated rings. The first kappa shape index (κ1) is 13.3. The molecular formula is C12H25N3O. The van der Waals surface area contributed by atoms with E-state index in [2.05, 4.69) is 17.2 Å². The Morgan fingerprint density at radius 3 is 2.75 bits per heavy atom. The molecule has 0 radical (unpaired) electrons. The van der Waals surface area contributed by atoms with Crippen LogP contribution in [0.25, 0.3) is 0 Å². The second-order valence-electron chi connectivity index (χ2n) is 4.82. The van der Waals surface area contributed by atoms with Crippen LogP contribution >= 0.6 is 0 Å². The first-order chi connectivity index (χ1) is 7.72. The van der Waals surface area contributed by atoms with E-state index in [9.17, 15) is 0 Å². The summed E-state index contributed by atoms with van der Waals surface area (Å²) in [6.45, 7) is 3.01. The number of aliphatic imine (C=N–C) groups is 1. The van der Waals surface area contributed by atoms with Crippen molar-refractivity contribution in [2.45, 2.75) is 51.5 Å². The molecule has 1 saturated carbocycles. The molecule has 0 bridgehead atoms. The van der Waals surface area contributed by atoms with Crippen LogP contribution in [0.3, 0.4) is 0 Å². The van der Waals surface area contributed by atoms with Gasteiger partial charge in [0.25, 0.3) is 0 Å². The lowest BCUT2D eigenvalue weighted by Gasteiger charge is -2.23. The van der Waals surface area contributed by atoms with Gasteiger partial charge in [-0.05, 0) is 25.2 Å². The van der Waals surface area contributed by atoms with Crippen LogP contribution in [0.1, 0.15) is 45.4 Å². The van der Waals surface area contributed by atoms with Crippen LogP contribution < -0.4 is 11.1 Å². The topological polar surface area (TPSA) is 70.6 Å². The van der Waals surface area contributed by atoms with Crippen molar-refractivity contribution in [2.24, 2.45) is 16.6 Å². The van der Waals surface area contributed by atoms with Crippen molar-refractivity contribution in [3.63, 3.8) is 0 Å². The first-order valence-electron chi connectivity index (χ1n) is 6.39. The third-order valence-electron chi connectivity index (χ3n) is 3.15. The minimum absolute atomic E-state index is 0.229. The smallest absolute Gasteiger partial charge is 0.188 e. The fourth-order valence-corrected chi connectivity index (χ4v) is 2.07. The summed E-state index contributed by atoms with van der Waals surface area (Å²) in [5.41, 5.74) is 5.83. The lowest BCUT2D eigenvalue weighted by molar-refractivity contribution is 0.264. The lowest BCUT2D eigenvalue weighted by Crippen LogP contribution is -2.41. The predicted octanol–water partition coefficient (Wildman–Crippen LogP) is 1.24. The number of aliphatic hydroxyl groups excluding tert-OH is 1. The Morgan fingerprint density at radius 2 is 2.12 bits per heavy atom. The highest BCUT2D eigenvalue weighted by atomic mass is 16.3. The number of nitrogens with zero attached hydrogens (tertiary/aromatic N) is 1. The van der Waals surface area contributed by atoms with Gasteiger partial charge in [0.15, 0.2) is 5.96 Å². The lowest BCUT2D eigenvalue weighted by atomic mass is 9.96. The number of hydrogen-bond acceptors (Lipinski definition) is 2. The highest BCUT2D eigenvalue weighted by molar-refractivity contribution is 5.78. The summed E-state index contributed by atoms with van der Waals surface area (Å²) in [6, 6.07) is 0.519. The molecule has 1 aliphatic rings. The van der Waals surface area contributed by atoms with Gasteiger partial charge in [-0.25, -0.2) is 0 Å². The fraction of sp³-hybridized carbons (Fsp3) is 0.917. The Morgan fingerprint density at radius 1 is 1.44 bits per heavy atom. The number of guanidine groups is 1. The van der Waals surface area contributed by atoms with Crippen molar-refractivity contribution in [2.75, 3.05) is 13.2 Å². The zero-order valence-electron chi connectivity index (χ0n) is 10.3. The second kappa shape index (κ2) is 7.49. The molecule has 0 saturated heterocycles. The average molecular weight is 227 g/mol. The minimum atomic E-state index is 0.229. The van der Waals surface area contributed by atoms with Gasteiger partial charge < -0.3 is 16.2 Å². The van der Waals surface area contributed by atoms with E-state index >= 15 is 0 Å². The molecule has 94 valence electrons. The Balaban J connectivity index is 2.21. The van der Waals surface area contributed by atoms with Gasteiger partial charge >= 0.3 is 0 Å². The standard InChI is InChI=1S/C12H25N3O/c1-10(7-8-16)9-14-12(13)15-11-5-3-2-4-6-11/h10-11,16H,2-9H2,1H3,(H3,13,14,15). The van der Waals surface area contributed by atoms with E-state index in [1.165, 1.54) is 32.1 Å². The molecule has 0 spiro atoms. The molecule has 1 rings (SSSR count). The molecule has 1 atom stereocenters. The summed E-state index contributed by atoms with van der Waals surface area (Å²) in [6.07, 6.45) is 7.16. The van der Waals surface area contributed by atoms with Crippen molar-refractivity contribution in [1.29, 1.82) is 0 Å². The number of rotatable bonds is 5. The maximum atomic E-state index is 8.77. The highest BCUT2D eigenvalue weighted by Crippen LogP contribution is 2.17. The summed E-state index contributed by atoms with van der Waals surface area (Å²) < 4.78 is 0. The number of aliphatic hydroxyl groups is 1. The number of nitrogens with two attached hydrogens (primary N) is 1. The van der Waals surface area contributed by atoms with E-state index in [0.717, 1.165) is 6.42 Å². The molecular weight excluding hydrogens is 202 g/mol. The third-order valence-corrected chi connectivity index (χ3v) is 3.15. The maximum absolute atomic E-state index is 8.77. The van der Waals surface area contributed by atoms with Gasteiger partial charge in [0.05, 0.1) is 0 Å². The van der Waals surface area contributed by atoms with Crippen LogP contribution in [0.15, 0.2) is 4.99 Å². The van der Waals surface area contributed by atoms with Gasteiger partial charge in [-0.2, -0.15) is 0 Å². The summed E-state index contributed by atoms with van der Waals surface area (Å²) in [5.74, 6) is 0.966. The quantitative estimate of drug-likeness (QED) is 0.489. The molecule has 1 aliphatic carbocycles. The second-order valence-corrected chi connectivity index (χ2v) is 4.82. The Bertz CT molecular complexity index is 212. The molecule has 16 heavy (non-hydrogen) atoms. The molecule has 0 aromatic carbocycles. The van der Waals surface area contributed by atoms with Crippen molar-refractivity contribution in [1.82, 2.24) is 5.32 Å². The summed E-state index contributed by atoms with van der Waals surface area (Å²) in [7, 11) is 0. The van der Waals surface area contributed by atoms with Crippen LogP contribution in [0.2, 0.25) is 0 Å². The largest absolute Gasteiger partial charge is 0.396 e. The normalized spacial score (nSPS) is 20.8. The molecule has 0 aromatic heterocycles. The predicted molar refractivity (Wildman–Crippen MR) is 67.4 cm³/mol. The zero-order valence-corrected chi connectivity index (χ0v) is 10.3. The highest BCUT2D eigenvalue weighted by Gasteiger charge is 2.13. The fourth-order valence-electron chi connectivity index (χ4n) is 2.07. The monoisotopic (exact) mass is 227 g/mol. The molecule has 4 N–H and O–H groups in total. The molecule has 0 aliphatic heterocycles. The van der Waals surface area contributed by atoms with E-state index < -0.39 is 0 Å². The molecule has 0 amide bonds. The third kappa shape index (κ3) is 5.35. The van der Waals surface area contributed by atoms with Crippen molar-refractivity contribution < 1.29 is 5.11 Å². The van der Waals surface area contributed by atoms with Gasteiger partial charge in [-0.15, -0.1) is 0 Å². The zero-order chi connectivity index (χ0) is 11.8. The summed E-state index contributed by atoms with van der Waals surface area (Å²) in [4.78, 5) is 4.31. The van der Waals surface area contributed by atoms with Crippen LogP contribution in [-0.2, 0) is 0 Å². The van der Waals surface area contributed by atoms with Gasteiger partial charge in [-0.3, -0.25) is 4.99 Å². The molecule has 4 nitrogen and oxygen atoms in total. The van der Waals surface area contributed by atoms with E-state index in [0.29, 0.717) is 24.5 Å². The van der Waals surface area contributed by atoms with E-state index in [1.807, 2.05) is 0 Å². The maximum Gasteiger partial charge on any atom is 0.188 e. The molecule has 4 heteroatoms. The van der Waals surface area contributed by atoms with Crippen molar-refractivity contribution in [3.8, 4) is 0 Å². The Labute approximate surface area is 98.3 Å². The van der Waals surface area contributed by atoms with E-state index in [4.69, 9.17) is 10.8 Å². The SMILES string of the molecule is CC(CCO)CN=C(N)NC1CCCCC1. The van der Waals surface area contributed by atoms with Gasteiger partial charge in [-0.1, -0.05) is 26.2 Å². The average Bonchev–Trinajstić information content (AvgIpc) is 2.28. The number of hydrogen-bond donors (Lipinski definition) is 3.